The fraction of sp³-hybridized carbons (Fsp3) is 0.667. The monoisotopic (exact) mass is 226 g/mol. The van der Waals surface area contributed by atoms with Crippen molar-refractivity contribution in [3.05, 3.63) is 12.2 Å². The van der Waals surface area contributed by atoms with E-state index < -0.39 is 12.1 Å². The number of ether oxygens (including phenoxy) is 1. The molecule has 0 aliphatic carbocycles. The zero-order valence-corrected chi connectivity index (χ0v) is 9.04. The van der Waals surface area contributed by atoms with E-state index in [-0.39, 0.29) is 0 Å². The Morgan fingerprint density at radius 3 is 3.19 bits per heavy atom. The molecule has 2 rings (SSSR count). The van der Waals surface area contributed by atoms with Crippen molar-refractivity contribution in [1.82, 2.24) is 19.7 Å². The Kier molecular flexibility index (Phi) is 3.16. The van der Waals surface area contributed by atoms with E-state index in [1.807, 2.05) is 11.9 Å². The van der Waals surface area contributed by atoms with Gasteiger partial charge in [0, 0.05) is 20.1 Å². The van der Waals surface area contributed by atoms with Crippen molar-refractivity contribution in [2.45, 2.75) is 12.6 Å². The van der Waals surface area contributed by atoms with Crippen molar-refractivity contribution in [2.24, 2.45) is 7.05 Å². The van der Waals surface area contributed by atoms with Crippen LogP contribution >= 0.6 is 0 Å². The molecule has 1 aromatic rings. The molecule has 0 amide bonds. The lowest BCUT2D eigenvalue weighted by atomic mass is 10.2. The molecule has 88 valence electrons. The van der Waals surface area contributed by atoms with Crippen LogP contribution in [0.15, 0.2) is 6.33 Å². The minimum Gasteiger partial charge on any atom is -0.479 e. The molecule has 1 unspecified atom stereocenters. The summed E-state index contributed by atoms with van der Waals surface area (Å²) >= 11 is 0. The molecule has 7 nitrogen and oxygen atoms in total. The quantitative estimate of drug-likeness (QED) is 0.719. The van der Waals surface area contributed by atoms with Gasteiger partial charge in [-0.25, -0.2) is 9.78 Å². The first-order chi connectivity index (χ1) is 7.66. The number of carboxylic acids is 1. The number of rotatable bonds is 3. The number of aryl methyl sites for hydroxylation is 1. The van der Waals surface area contributed by atoms with Gasteiger partial charge in [0.15, 0.2) is 6.10 Å². The van der Waals surface area contributed by atoms with Crippen molar-refractivity contribution < 1.29 is 14.6 Å². The van der Waals surface area contributed by atoms with Gasteiger partial charge < -0.3 is 9.84 Å². The minimum atomic E-state index is -0.914. The molecule has 0 saturated carbocycles. The second-order valence-corrected chi connectivity index (χ2v) is 3.73. The number of aromatic nitrogens is 3. The summed E-state index contributed by atoms with van der Waals surface area (Å²) in [5, 5.41) is 12.8. The van der Waals surface area contributed by atoms with Crippen LogP contribution in [0.1, 0.15) is 5.82 Å². The van der Waals surface area contributed by atoms with Crippen LogP contribution < -0.4 is 0 Å². The maximum atomic E-state index is 10.8. The Labute approximate surface area is 92.6 Å². The smallest absolute Gasteiger partial charge is 0.334 e. The fourth-order valence-corrected chi connectivity index (χ4v) is 1.66. The highest BCUT2D eigenvalue weighted by atomic mass is 16.5. The lowest BCUT2D eigenvalue weighted by molar-refractivity contribution is -0.156. The van der Waals surface area contributed by atoms with E-state index in [9.17, 15) is 4.79 Å². The number of morpholine rings is 1. The molecular formula is C9H14N4O3. The van der Waals surface area contributed by atoms with Crippen LogP contribution in [0.5, 0.6) is 0 Å². The standard InChI is InChI=1S/C9H14N4O3/c1-12-8(10-6-11-12)5-13-2-3-16-7(4-13)9(14)15/h6-7H,2-5H2,1H3,(H,14,15). The lowest BCUT2D eigenvalue weighted by Crippen LogP contribution is -2.45. The average Bonchev–Trinajstić information content (AvgIpc) is 2.65. The van der Waals surface area contributed by atoms with Gasteiger partial charge in [0.05, 0.1) is 13.2 Å². The molecule has 1 fully saturated rings. The number of carbonyl (C=O) groups is 1. The fourth-order valence-electron chi connectivity index (χ4n) is 1.66. The molecule has 1 N–H and O–H groups in total. The highest BCUT2D eigenvalue weighted by Crippen LogP contribution is 2.08. The first-order valence-corrected chi connectivity index (χ1v) is 5.06. The lowest BCUT2D eigenvalue weighted by Gasteiger charge is -2.30. The van der Waals surface area contributed by atoms with E-state index in [4.69, 9.17) is 9.84 Å². The van der Waals surface area contributed by atoms with Gasteiger partial charge in [0.2, 0.25) is 0 Å². The Morgan fingerprint density at radius 2 is 2.56 bits per heavy atom. The molecule has 2 heterocycles. The van der Waals surface area contributed by atoms with E-state index in [0.29, 0.717) is 19.7 Å². The van der Waals surface area contributed by atoms with Crippen LogP contribution in [0.2, 0.25) is 0 Å². The van der Waals surface area contributed by atoms with Gasteiger partial charge in [0.1, 0.15) is 12.2 Å². The topological polar surface area (TPSA) is 80.5 Å². The Hall–Kier alpha value is -1.47. The van der Waals surface area contributed by atoms with Gasteiger partial charge in [-0.1, -0.05) is 0 Å². The largest absolute Gasteiger partial charge is 0.479 e. The van der Waals surface area contributed by atoms with Crippen LogP contribution in [0.3, 0.4) is 0 Å². The maximum absolute atomic E-state index is 10.8. The van der Waals surface area contributed by atoms with Gasteiger partial charge in [-0.15, -0.1) is 0 Å². The Morgan fingerprint density at radius 1 is 1.75 bits per heavy atom. The first kappa shape index (κ1) is 11.0. The van der Waals surface area contributed by atoms with Gasteiger partial charge in [-0.3, -0.25) is 9.58 Å². The van der Waals surface area contributed by atoms with E-state index in [1.54, 1.807) is 4.68 Å². The third-order valence-electron chi connectivity index (χ3n) is 2.60. The normalized spacial score (nSPS) is 22.2. The van der Waals surface area contributed by atoms with Crippen molar-refractivity contribution in [1.29, 1.82) is 0 Å². The van der Waals surface area contributed by atoms with E-state index >= 15 is 0 Å². The second-order valence-electron chi connectivity index (χ2n) is 3.73. The molecule has 0 bridgehead atoms. The van der Waals surface area contributed by atoms with E-state index in [1.165, 1.54) is 6.33 Å². The molecule has 0 aromatic carbocycles. The zero-order chi connectivity index (χ0) is 11.5. The van der Waals surface area contributed by atoms with Crippen molar-refractivity contribution >= 4 is 5.97 Å². The van der Waals surface area contributed by atoms with Gasteiger partial charge in [-0.2, -0.15) is 5.10 Å². The first-order valence-electron chi connectivity index (χ1n) is 5.06. The van der Waals surface area contributed by atoms with Crippen LogP contribution in [0.25, 0.3) is 0 Å². The summed E-state index contributed by atoms with van der Waals surface area (Å²) < 4.78 is 6.82. The molecule has 1 aliphatic rings. The summed E-state index contributed by atoms with van der Waals surface area (Å²) in [4.78, 5) is 16.9. The average molecular weight is 226 g/mol. The number of nitrogens with zero attached hydrogens (tertiary/aromatic N) is 4. The van der Waals surface area contributed by atoms with Gasteiger partial charge in [0.25, 0.3) is 0 Å². The van der Waals surface area contributed by atoms with E-state index in [2.05, 4.69) is 10.1 Å². The van der Waals surface area contributed by atoms with Crippen LogP contribution in [0.4, 0.5) is 0 Å². The van der Waals surface area contributed by atoms with Gasteiger partial charge in [-0.05, 0) is 0 Å². The number of carboxylic acid groups (broad SMARTS) is 1. The summed E-state index contributed by atoms with van der Waals surface area (Å²) in [7, 11) is 1.82. The molecule has 1 saturated heterocycles. The molecule has 1 atom stereocenters. The van der Waals surface area contributed by atoms with Crippen LogP contribution in [-0.4, -0.2) is 56.5 Å². The van der Waals surface area contributed by atoms with Crippen molar-refractivity contribution in [2.75, 3.05) is 19.7 Å². The number of hydrogen-bond acceptors (Lipinski definition) is 5. The Bertz CT molecular complexity index is 379. The van der Waals surface area contributed by atoms with Crippen molar-refractivity contribution in [3.63, 3.8) is 0 Å². The summed E-state index contributed by atoms with van der Waals surface area (Å²) in [6, 6.07) is 0. The maximum Gasteiger partial charge on any atom is 0.334 e. The van der Waals surface area contributed by atoms with Crippen molar-refractivity contribution in [3.8, 4) is 0 Å². The zero-order valence-electron chi connectivity index (χ0n) is 9.04. The SMILES string of the molecule is Cn1ncnc1CN1CCOC(C(=O)O)C1. The molecule has 7 heteroatoms. The highest BCUT2D eigenvalue weighted by molar-refractivity contribution is 5.72. The molecule has 0 spiro atoms. The van der Waals surface area contributed by atoms with Crippen LogP contribution in [-0.2, 0) is 23.1 Å². The second kappa shape index (κ2) is 4.58. The molecule has 0 radical (unpaired) electrons. The minimum absolute atomic E-state index is 0.391. The predicted octanol–water partition coefficient (Wildman–Crippen LogP) is -0.899. The predicted molar refractivity (Wildman–Crippen MR) is 53.7 cm³/mol. The summed E-state index contributed by atoms with van der Waals surface area (Å²) in [6.45, 7) is 2.15. The number of hydrogen-bond donors (Lipinski definition) is 1. The molecule has 1 aliphatic heterocycles. The molecule has 1 aromatic heterocycles. The van der Waals surface area contributed by atoms with E-state index in [0.717, 1.165) is 12.4 Å². The molecule has 16 heavy (non-hydrogen) atoms. The third-order valence-corrected chi connectivity index (χ3v) is 2.60. The third kappa shape index (κ3) is 2.37. The summed E-state index contributed by atoms with van der Waals surface area (Å²) in [6.07, 6.45) is 0.756. The van der Waals surface area contributed by atoms with Crippen LogP contribution in [0, 0.1) is 0 Å². The van der Waals surface area contributed by atoms with Gasteiger partial charge >= 0.3 is 5.97 Å². The molecular weight excluding hydrogens is 212 g/mol. The summed E-state index contributed by atoms with van der Waals surface area (Å²) in [5.41, 5.74) is 0. The summed E-state index contributed by atoms with van der Waals surface area (Å²) in [5.74, 6) is -0.0892. The highest BCUT2D eigenvalue weighted by Gasteiger charge is 2.26. The Balaban J connectivity index is 1.95. The number of aliphatic carboxylic acids is 1.